The lowest BCUT2D eigenvalue weighted by Gasteiger charge is -2.26. The average molecular weight is 377 g/mol. The molecule has 0 aliphatic carbocycles. The number of carbonyl (C=O) groups excluding carboxylic acids is 1. The molecule has 1 aliphatic heterocycles. The van der Waals surface area contributed by atoms with Gasteiger partial charge in [0.25, 0.3) is 5.91 Å². The molecule has 0 aromatic carbocycles. The number of aryl methyl sites for hydroxylation is 1. The molecule has 3 rings (SSSR count). The van der Waals surface area contributed by atoms with Crippen molar-refractivity contribution in [3.05, 3.63) is 16.8 Å². The number of rotatable bonds is 6. The summed E-state index contributed by atoms with van der Waals surface area (Å²) in [5.41, 5.74) is 0.993. The zero-order chi connectivity index (χ0) is 18.4. The van der Waals surface area contributed by atoms with Gasteiger partial charge in [0, 0.05) is 33.4 Å². The summed E-state index contributed by atoms with van der Waals surface area (Å²) in [5.74, 6) is 0.962. The van der Waals surface area contributed by atoms with E-state index in [0.29, 0.717) is 13.2 Å². The number of carbonyl (C=O) groups is 1. The fraction of sp³-hybridized carbons (Fsp3) is 0.632. The van der Waals surface area contributed by atoms with Gasteiger partial charge in [-0.3, -0.25) is 4.79 Å². The Hall–Kier alpha value is -1.73. The van der Waals surface area contributed by atoms with E-state index in [-0.39, 0.29) is 5.91 Å². The van der Waals surface area contributed by atoms with Crippen LogP contribution in [0.3, 0.4) is 0 Å². The first-order chi connectivity index (χ1) is 12.7. The molecule has 1 aliphatic rings. The lowest BCUT2D eigenvalue weighted by atomic mass is 10.1. The van der Waals surface area contributed by atoms with Gasteiger partial charge in [-0.2, -0.15) is 0 Å². The van der Waals surface area contributed by atoms with Crippen LogP contribution in [0.4, 0.5) is 5.82 Å². The number of thiophene rings is 1. The molecule has 142 valence electrons. The number of hydrogen-bond acceptors (Lipinski definition) is 6. The molecule has 1 amide bonds. The average Bonchev–Trinajstić information content (AvgIpc) is 2.96. The number of aromatic nitrogens is 2. The van der Waals surface area contributed by atoms with Crippen LogP contribution in [0.5, 0.6) is 0 Å². The SMILES string of the molecule is COCCCNC(=O)c1sc2ncnc(N3CCCCCCC3)c2c1C. The lowest BCUT2D eigenvalue weighted by Crippen LogP contribution is -2.28. The highest BCUT2D eigenvalue weighted by atomic mass is 32.1. The molecule has 7 heteroatoms. The van der Waals surface area contributed by atoms with E-state index in [2.05, 4.69) is 20.2 Å². The van der Waals surface area contributed by atoms with Crippen LogP contribution in [0.25, 0.3) is 10.2 Å². The molecule has 1 fully saturated rings. The van der Waals surface area contributed by atoms with Crippen molar-refractivity contribution in [1.82, 2.24) is 15.3 Å². The number of methoxy groups -OCH3 is 1. The summed E-state index contributed by atoms with van der Waals surface area (Å²) in [6, 6.07) is 0. The molecule has 0 unspecified atom stereocenters. The molecule has 1 N–H and O–H groups in total. The van der Waals surface area contributed by atoms with Gasteiger partial charge in [0.1, 0.15) is 17.0 Å². The first kappa shape index (κ1) is 19.0. The summed E-state index contributed by atoms with van der Waals surface area (Å²) in [5, 5.41) is 4.02. The van der Waals surface area contributed by atoms with Crippen molar-refractivity contribution in [2.24, 2.45) is 0 Å². The van der Waals surface area contributed by atoms with Crippen LogP contribution in [-0.2, 0) is 4.74 Å². The van der Waals surface area contributed by atoms with E-state index in [1.807, 2.05) is 6.92 Å². The molecule has 0 atom stereocenters. The quantitative estimate of drug-likeness (QED) is 0.781. The number of amides is 1. The van der Waals surface area contributed by atoms with Gasteiger partial charge in [-0.1, -0.05) is 19.3 Å². The van der Waals surface area contributed by atoms with Crippen molar-refractivity contribution in [2.75, 3.05) is 38.3 Å². The Morgan fingerprint density at radius 2 is 1.96 bits per heavy atom. The van der Waals surface area contributed by atoms with Crippen molar-refractivity contribution >= 4 is 33.3 Å². The smallest absolute Gasteiger partial charge is 0.261 e. The second kappa shape index (κ2) is 9.28. The summed E-state index contributed by atoms with van der Waals surface area (Å²) < 4.78 is 5.03. The van der Waals surface area contributed by atoms with E-state index >= 15 is 0 Å². The third-order valence-corrected chi connectivity index (χ3v) is 6.08. The minimum absolute atomic E-state index is 0.0276. The summed E-state index contributed by atoms with van der Waals surface area (Å²) in [6.07, 6.45) is 8.73. The van der Waals surface area contributed by atoms with Crippen LogP contribution in [0.2, 0.25) is 0 Å². The van der Waals surface area contributed by atoms with Crippen LogP contribution in [0.1, 0.15) is 53.8 Å². The zero-order valence-corrected chi connectivity index (χ0v) is 16.5. The lowest BCUT2D eigenvalue weighted by molar-refractivity contribution is 0.0952. The van der Waals surface area contributed by atoms with Gasteiger partial charge >= 0.3 is 0 Å². The first-order valence-corrected chi connectivity index (χ1v) is 10.3. The number of nitrogens with one attached hydrogen (secondary N) is 1. The Morgan fingerprint density at radius 1 is 1.23 bits per heavy atom. The van der Waals surface area contributed by atoms with Gasteiger partial charge < -0.3 is 15.0 Å². The first-order valence-electron chi connectivity index (χ1n) is 9.48. The normalized spacial score (nSPS) is 15.7. The molecule has 0 bridgehead atoms. The van der Waals surface area contributed by atoms with Crippen molar-refractivity contribution in [1.29, 1.82) is 0 Å². The molecular formula is C19H28N4O2S. The summed E-state index contributed by atoms with van der Waals surface area (Å²) in [4.78, 5) is 25.6. The molecule has 1 saturated heterocycles. The summed E-state index contributed by atoms with van der Waals surface area (Å²) in [7, 11) is 1.67. The fourth-order valence-electron chi connectivity index (χ4n) is 3.47. The Labute approximate surface area is 159 Å². The topological polar surface area (TPSA) is 67.3 Å². The number of fused-ring (bicyclic) bond motifs is 1. The van der Waals surface area contributed by atoms with Crippen LogP contribution in [0.15, 0.2) is 6.33 Å². The maximum absolute atomic E-state index is 12.6. The van der Waals surface area contributed by atoms with Crippen LogP contribution >= 0.6 is 11.3 Å². The number of ether oxygens (including phenoxy) is 1. The van der Waals surface area contributed by atoms with Gasteiger partial charge in [-0.15, -0.1) is 11.3 Å². The van der Waals surface area contributed by atoms with Crippen molar-refractivity contribution in [3.63, 3.8) is 0 Å². The zero-order valence-electron chi connectivity index (χ0n) is 15.7. The molecule has 3 heterocycles. The van der Waals surface area contributed by atoms with Crippen molar-refractivity contribution < 1.29 is 9.53 Å². The van der Waals surface area contributed by atoms with E-state index < -0.39 is 0 Å². The second-order valence-electron chi connectivity index (χ2n) is 6.79. The molecule has 2 aromatic rings. The fourth-order valence-corrected chi connectivity index (χ4v) is 4.53. The maximum Gasteiger partial charge on any atom is 0.261 e. The van der Waals surface area contributed by atoms with E-state index in [0.717, 1.165) is 46.0 Å². The van der Waals surface area contributed by atoms with Gasteiger partial charge in [-0.25, -0.2) is 9.97 Å². The van der Waals surface area contributed by atoms with Crippen molar-refractivity contribution in [3.8, 4) is 0 Å². The van der Waals surface area contributed by atoms with Crippen LogP contribution < -0.4 is 10.2 Å². The highest BCUT2D eigenvalue weighted by Gasteiger charge is 2.22. The van der Waals surface area contributed by atoms with Crippen molar-refractivity contribution in [2.45, 2.75) is 45.4 Å². The standard InChI is InChI=1S/C19H28N4O2S/c1-14-15-17(23-10-6-4-3-5-7-11-23)21-13-22-19(15)26-16(14)18(24)20-9-8-12-25-2/h13H,3-12H2,1-2H3,(H,20,24). The number of hydrogen-bond donors (Lipinski definition) is 1. The molecule has 0 spiro atoms. The molecule has 26 heavy (non-hydrogen) atoms. The minimum Gasteiger partial charge on any atom is -0.385 e. The van der Waals surface area contributed by atoms with Gasteiger partial charge in [0.05, 0.1) is 10.3 Å². The third-order valence-electron chi connectivity index (χ3n) is 4.88. The van der Waals surface area contributed by atoms with E-state index in [1.165, 1.54) is 43.4 Å². The third kappa shape index (κ3) is 4.32. The Kier molecular flexibility index (Phi) is 6.80. The molecule has 6 nitrogen and oxygen atoms in total. The largest absolute Gasteiger partial charge is 0.385 e. The van der Waals surface area contributed by atoms with Crippen LogP contribution in [-0.4, -0.2) is 49.2 Å². The monoisotopic (exact) mass is 376 g/mol. The molecule has 0 saturated carbocycles. The summed E-state index contributed by atoms with van der Waals surface area (Å²) >= 11 is 1.46. The molecule has 2 aromatic heterocycles. The summed E-state index contributed by atoms with van der Waals surface area (Å²) in [6.45, 7) is 5.33. The Balaban J connectivity index is 1.84. The Bertz CT molecular complexity index is 738. The van der Waals surface area contributed by atoms with E-state index in [1.54, 1.807) is 13.4 Å². The minimum atomic E-state index is -0.0276. The van der Waals surface area contributed by atoms with E-state index in [4.69, 9.17) is 4.74 Å². The second-order valence-corrected chi connectivity index (χ2v) is 7.79. The highest BCUT2D eigenvalue weighted by Crippen LogP contribution is 2.35. The van der Waals surface area contributed by atoms with Gasteiger partial charge in [0.2, 0.25) is 0 Å². The molecule has 0 radical (unpaired) electrons. The van der Waals surface area contributed by atoms with E-state index in [9.17, 15) is 4.79 Å². The number of anilines is 1. The number of nitrogens with zero attached hydrogens (tertiary/aromatic N) is 3. The van der Waals surface area contributed by atoms with Crippen LogP contribution in [0, 0.1) is 6.92 Å². The highest BCUT2D eigenvalue weighted by molar-refractivity contribution is 7.20. The van der Waals surface area contributed by atoms with Gasteiger partial charge in [-0.05, 0) is 31.7 Å². The predicted molar refractivity (Wildman–Crippen MR) is 106 cm³/mol. The maximum atomic E-state index is 12.6. The Morgan fingerprint density at radius 3 is 2.69 bits per heavy atom. The molecular weight excluding hydrogens is 348 g/mol. The predicted octanol–water partition coefficient (Wildman–Crippen LogP) is 3.54. The van der Waals surface area contributed by atoms with Gasteiger partial charge in [0.15, 0.2) is 0 Å².